The normalized spacial score (nSPS) is 12.9. The minimum Gasteiger partial charge on any atom is -0.466 e. The van der Waals surface area contributed by atoms with Gasteiger partial charge in [0.05, 0.1) is 25.4 Å². The molecule has 0 aliphatic carbocycles. The van der Waals surface area contributed by atoms with E-state index >= 15 is 0 Å². The number of rotatable bonds is 43. The lowest BCUT2D eigenvalue weighted by Gasteiger charge is -2.22. The lowest BCUT2D eigenvalue weighted by Crippen LogP contribution is -2.45. The molecular formula is C48H91NO5. The average molecular weight is 762 g/mol. The van der Waals surface area contributed by atoms with Gasteiger partial charge in [-0.2, -0.15) is 0 Å². The molecule has 0 saturated heterocycles. The maximum atomic E-state index is 12.4. The summed E-state index contributed by atoms with van der Waals surface area (Å²) >= 11 is 0. The molecule has 0 radical (unpaired) electrons. The fourth-order valence-corrected chi connectivity index (χ4v) is 7.07. The minimum atomic E-state index is -0.671. The van der Waals surface area contributed by atoms with Gasteiger partial charge in [-0.25, -0.2) is 0 Å². The number of hydrogen-bond acceptors (Lipinski definition) is 5. The number of hydrogen-bond donors (Lipinski definition) is 3. The van der Waals surface area contributed by atoms with E-state index in [0.29, 0.717) is 25.9 Å². The van der Waals surface area contributed by atoms with E-state index < -0.39 is 12.1 Å². The number of aliphatic hydroxyl groups excluding tert-OH is 2. The predicted octanol–water partition coefficient (Wildman–Crippen LogP) is 13.6. The molecule has 0 spiro atoms. The first kappa shape index (κ1) is 52.3. The van der Waals surface area contributed by atoms with Gasteiger partial charge < -0.3 is 20.3 Å². The molecule has 0 aromatic heterocycles. The van der Waals surface area contributed by atoms with Crippen LogP contribution in [0.3, 0.4) is 0 Å². The van der Waals surface area contributed by atoms with E-state index in [1.54, 1.807) is 0 Å². The fourth-order valence-electron chi connectivity index (χ4n) is 7.07. The molecule has 0 aromatic rings. The first-order valence-corrected chi connectivity index (χ1v) is 23.6. The molecule has 2 unspecified atom stereocenters. The van der Waals surface area contributed by atoms with Crippen molar-refractivity contribution in [3.8, 4) is 0 Å². The zero-order chi connectivity index (χ0) is 39.4. The van der Waals surface area contributed by atoms with Crippen LogP contribution >= 0.6 is 0 Å². The highest BCUT2D eigenvalue weighted by molar-refractivity contribution is 5.76. The van der Waals surface area contributed by atoms with Crippen LogP contribution in [0.2, 0.25) is 0 Å². The Hall–Kier alpha value is -1.66. The SMILES string of the molecule is CCCC/C=C\C/C=C\CCCCCCCC(=O)OCCCCCCCCCCCCCCCC(=O)NC(CO)C(O)CCCCCCCCCCCC. The van der Waals surface area contributed by atoms with Gasteiger partial charge in [0.25, 0.3) is 0 Å². The molecular weight excluding hydrogens is 671 g/mol. The van der Waals surface area contributed by atoms with E-state index in [1.165, 1.54) is 148 Å². The van der Waals surface area contributed by atoms with Crippen LogP contribution in [0.25, 0.3) is 0 Å². The van der Waals surface area contributed by atoms with Gasteiger partial charge >= 0.3 is 5.97 Å². The maximum absolute atomic E-state index is 12.4. The Morgan fingerprint density at radius 1 is 0.519 bits per heavy atom. The summed E-state index contributed by atoms with van der Waals surface area (Å²) in [4.78, 5) is 24.4. The van der Waals surface area contributed by atoms with E-state index in [4.69, 9.17) is 4.74 Å². The highest BCUT2D eigenvalue weighted by Crippen LogP contribution is 2.15. The van der Waals surface area contributed by atoms with Crippen molar-refractivity contribution in [2.45, 2.75) is 257 Å². The Morgan fingerprint density at radius 3 is 1.46 bits per heavy atom. The molecule has 0 saturated carbocycles. The van der Waals surface area contributed by atoms with Gasteiger partial charge in [-0.15, -0.1) is 0 Å². The van der Waals surface area contributed by atoms with Gasteiger partial charge in [0.1, 0.15) is 0 Å². The van der Waals surface area contributed by atoms with Crippen LogP contribution in [0, 0.1) is 0 Å². The van der Waals surface area contributed by atoms with Gasteiger partial charge in [-0.05, 0) is 51.4 Å². The van der Waals surface area contributed by atoms with Crippen molar-refractivity contribution in [1.29, 1.82) is 0 Å². The molecule has 1 amide bonds. The number of amides is 1. The number of ether oxygens (including phenoxy) is 1. The van der Waals surface area contributed by atoms with Crippen molar-refractivity contribution in [1.82, 2.24) is 5.32 Å². The quantitative estimate of drug-likeness (QED) is 0.0327. The summed E-state index contributed by atoms with van der Waals surface area (Å²) in [5, 5.41) is 23.1. The largest absolute Gasteiger partial charge is 0.466 e. The molecule has 6 nitrogen and oxygen atoms in total. The second kappa shape index (κ2) is 44.1. The molecule has 0 bridgehead atoms. The van der Waals surface area contributed by atoms with Crippen LogP contribution in [0.15, 0.2) is 24.3 Å². The standard InChI is InChI=1S/C48H91NO5/c1-3-5-7-9-11-13-15-16-19-22-26-30-34-38-42-48(53)54-43-39-35-31-27-23-20-17-18-21-25-29-33-37-41-47(52)49-45(44-50)46(51)40-36-32-28-24-14-12-10-8-6-4-2/h9,11,15-16,45-46,50-51H,3-8,10,12-14,17-44H2,1-2H3,(H,49,52)/b11-9-,16-15-. The molecule has 0 aromatic carbocycles. The van der Waals surface area contributed by atoms with Crippen LogP contribution in [0.4, 0.5) is 0 Å². The topological polar surface area (TPSA) is 95.9 Å². The molecule has 0 aliphatic rings. The van der Waals surface area contributed by atoms with Crippen molar-refractivity contribution in [3.63, 3.8) is 0 Å². The number of esters is 1. The van der Waals surface area contributed by atoms with Crippen molar-refractivity contribution in [2.24, 2.45) is 0 Å². The van der Waals surface area contributed by atoms with Gasteiger partial charge in [0.2, 0.25) is 5.91 Å². The molecule has 2 atom stereocenters. The third kappa shape index (κ3) is 40.0. The summed E-state index contributed by atoms with van der Waals surface area (Å²) in [6, 6.07) is -0.549. The van der Waals surface area contributed by atoms with Crippen molar-refractivity contribution in [3.05, 3.63) is 24.3 Å². The van der Waals surface area contributed by atoms with Crippen LogP contribution in [0.5, 0.6) is 0 Å². The van der Waals surface area contributed by atoms with Crippen LogP contribution in [-0.2, 0) is 14.3 Å². The second-order valence-corrected chi connectivity index (χ2v) is 16.1. The Morgan fingerprint density at radius 2 is 0.944 bits per heavy atom. The maximum Gasteiger partial charge on any atom is 0.305 e. The third-order valence-corrected chi connectivity index (χ3v) is 10.8. The number of allylic oxidation sites excluding steroid dienone is 4. The molecule has 3 N–H and O–H groups in total. The van der Waals surface area contributed by atoms with Crippen molar-refractivity contribution < 1.29 is 24.5 Å². The molecule has 54 heavy (non-hydrogen) atoms. The zero-order valence-electron chi connectivity index (χ0n) is 36.0. The number of carbonyl (C=O) groups is 2. The number of carbonyl (C=O) groups excluding carboxylic acids is 2. The Balaban J connectivity index is 3.45. The monoisotopic (exact) mass is 762 g/mol. The van der Waals surface area contributed by atoms with E-state index in [-0.39, 0.29) is 18.5 Å². The smallest absolute Gasteiger partial charge is 0.305 e. The predicted molar refractivity (Wildman–Crippen MR) is 232 cm³/mol. The minimum absolute atomic E-state index is 0.0208. The fraction of sp³-hybridized carbons (Fsp3) is 0.875. The van der Waals surface area contributed by atoms with Crippen LogP contribution < -0.4 is 5.32 Å². The summed E-state index contributed by atoms with van der Waals surface area (Å²) in [6.07, 6.45) is 49.9. The van der Waals surface area contributed by atoms with E-state index in [0.717, 1.165) is 64.2 Å². The second-order valence-electron chi connectivity index (χ2n) is 16.1. The summed E-state index contributed by atoms with van der Waals surface area (Å²) in [5.41, 5.74) is 0. The highest BCUT2D eigenvalue weighted by Gasteiger charge is 2.20. The van der Waals surface area contributed by atoms with Crippen LogP contribution in [-0.4, -0.2) is 47.4 Å². The summed E-state index contributed by atoms with van der Waals surface area (Å²) in [7, 11) is 0. The van der Waals surface area contributed by atoms with Crippen molar-refractivity contribution >= 4 is 11.9 Å². The van der Waals surface area contributed by atoms with Gasteiger partial charge in [-0.1, -0.05) is 205 Å². The van der Waals surface area contributed by atoms with E-state index in [9.17, 15) is 19.8 Å². The lowest BCUT2D eigenvalue weighted by molar-refractivity contribution is -0.143. The third-order valence-electron chi connectivity index (χ3n) is 10.8. The molecule has 318 valence electrons. The molecule has 0 heterocycles. The first-order valence-electron chi connectivity index (χ1n) is 23.6. The zero-order valence-corrected chi connectivity index (χ0v) is 36.0. The first-order chi connectivity index (χ1) is 26.5. The summed E-state index contributed by atoms with van der Waals surface area (Å²) < 4.78 is 5.44. The molecule has 6 heteroatoms. The Kier molecular flexibility index (Phi) is 42.7. The summed E-state index contributed by atoms with van der Waals surface area (Å²) in [6.45, 7) is 4.85. The van der Waals surface area contributed by atoms with Crippen LogP contribution in [0.1, 0.15) is 245 Å². The average Bonchev–Trinajstić information content (AvgIpc) is 3.17. The van der Waals surface area contributed by atoms with Gasteiger partial charge in [0.15, 0.2) is 0 Å². The van der Waals surface area contributed by atoms with E-state index in [1.807, 2.05) is 0 Å². The Bertz CT molecular complexity index is 843. The molecule has 0 fully saturated rings. The lowest BCUT2D eigenvalue weighted by atomic mass is 10.0. The Labute approximate surface area is 335 Å². The van der Waals surface area contributed by atoms with Gasteiger partial charge in [0, 0.05) is 12.8 Å². The van der Waals surface area contributed by atoms with E-state index in [2.05, 4.69) is 43.5 Å². The van der Waals surface area contributed by atoms with Crippen molar-refractivity contribution in [2.75, 3.05) is 13.2 Å². The number of aliphatic hydroxyl groups is 2. The highest BCUT2D eigenvalue weighted by atomic mass is 16.5. The molecule has 0 aliphatic heterocycles. The summed E-state index contributed by atoms with van der Waals surface area (Å²) in [5.74, 6) is -0.0719. The number of unbranched alkanes of at least 4 members (excludes halogenated alkanes) is 28. The molecule has 0 rings (SSSR count). The number of nitrogens with one attached hydrogen (secondary N) is 1. The van der Waals surface area contributed by atoms with Gasteiger partial charge in [-0.3, -0.25) is 9.59 Å².